The molecule has 150 valence electrons. The summed E-state index contributed by atoms with van der Waals surface area (Å²) in [6.07, 6.45) is 0.702. The highest BCUT2D eigenvalue weighted by molar-refractivity contribution is 6.30. The van der Waals surface area contributed by atoms with Crippen LogP contribution in [0.2, 0.25) is 5.02 Å². The third-order valence-electron chi connectivity index (χ3n) is 5.28. The van der Waals surface area contributed by atoms with Gasteiger partial charge in [-0.3, -0.25) is 14.6 Å². The molecule has 1 heterocycles. The number of nitrogens with zero attached hydrogens (tertiary/aromatic N) is 2. The molecule has 1 saturated heterocycles. The van der Waals surface area contributed by atoms with E-state index in [1.165, 1.54) is 17.7 Å². The second-order valence-electron chi connectivity index (χ2n) is 7.28. The van der Waals surface area contributed by atoms with Crippen LogP contribution in [0.5, 0.6) is 0 Å². The lowest BCUT2D eigenvalue weighted by atomic mass is 10.1. The zero-order valence-corrected chi connectivity index (χ0v) is 17.0. The van der Waals surface area contributed by atoms with Crippen LogP contribution in [0, 0.1) is 5.82 Å². The first-order valence-electron chi connectivity index (χ1n) is 9.74. The van der Waals surface area contributed by atoms with Crippen molar-refractivity contribution in [3.8, 4) is 0 Å². The van der Waals surface area contributed by atoms with Crippen molar-refractivity contribution in [1.29, 1.82) is 0 Å². The number of hydrogen-bond acceptors (Lipinski definition) is 3. The van der Waals surface area contributed by atoms with Gasteiger partial charge in [-0.25, -0.2) is 4.39 Å². The van der Waals surface area contributed by atoms with E-state index in [2.05, 4.69) is 27.2 Å². The van der Waals surface area contributed by atoms with Crippen molar-refractivity contribution in [1.82, 2.24) is 15.1 Å². The number of benzene rings is 2. The van der Waals surface area contributed by atoms with E-state index >= 15 is 0 Å². The summed E-state index contributed by atoms with van der Waals surface area (Å²) in [5, 5.41) is 3.76. The molecule has 2 aromatic carbocycles. The van der Waals surface area contributed by atoms with Crippen LogP contribution in [0.4, 0.5) is 4.39 Å². The normalized spacial score (nSPS) is 16.7. The Labute approximate surface area is 171 Å². The molecule has 0 saturated carbocycles. The van der Waals surface area contributed by atoms with Gasteiger partial charge in [0, 0.05) is 44.3 Å². The van der Waals surface area contributed by atoms with Gasteiger partial charge in [-0.05, 0) is 48.7 Å². The van der Waals surface area contributed by atoms with Crippen LogP contribution in [0.25, 0.3) is 0 Å². The first-order chi connectivity index (χ1) is 13.5. The fourth-order valence-electron chi connectivity index (χ4n) is 3.45. The Bertz CT molecular complexity index is 758. The lowest BCUT2D eigenvalue weighted by Crippen LogP contribution is -2.53. The first kappa shape index (κ1) is 20.8. The summed E-state index contributed by atoms with van der Waals surface area (Å²) in [7, 11) is 0. The fourth-order valence-corrected chi connectivity index (χ4v) is 3.58. The van der Waals surface area contributed by atoms with E-state index in [9.17, 15) is 9.18 Å². The van der Waals surface area contributed by atoms with Gasteiger partial charge in [-0.2, -0.15) is 0 Å². The second kappa shape index (κ2) is 10.0. The quantitative estimate of drug-likeness (QED) is 0.770. The van der Waals surface area contributed by atoms with Gasteiger partial charge in [0.15, 0.2) is 0 Å². The van der Waals surface area contributed by atoms with E-state index in [0.717, 1.165) is 43.3 Å². The molecule has 0 unspecified atom stereocenters. The summed E-state index contributed by atoms with van der Waals surface area (Å²) in [6.45, 7) is 7.06. The third-order valence-corrected chi connectivity index (χ3v) is 5.53. The summed E-state index contributed by atoms with van der Waals surface area (Å²) in [6, 6.07) is 14.2. The van der Waals surface area contributed by atoms with Crippen molar-refractivity contribution in [3.05, 3.63) is 70.5 Å². The number of hydrogen-bond donors (Lipinski definition) is 1. The van der Waals surface area contributed by atoms with E-state index < -0.39 is 0 Å². The molecule has 1 aliphatic rings. The molecule has 0 bridgehead atoms. The molecule has 0 aliphatic carbocycles. The molecule has 1 aliphatic heterocycles. The molecule has 28 heavy (non-hydrogen) atoms. The van der Waals surface area contributed by atoms with Crippen LogP contribution < -0.4 is 5.32 Å². The molecule has 1 atom stereocenters. The van der Waals surface area contributed by atoms with Crippen molar-refractivity contribution >= 4 is 17.5 Å². The zero-order valence-electron chi connectivity index (χ0n) is 16.2. The van der Waals surface area contributed by atoms with Crippen molar-refractivity contribution in [2.45, 2.75) is 25.9 Å². The number of nitrogens with one attached hydrogen (secondary N) is 1. The number of rotatable bonds is 7. The second-order valence-corrected chi connectivity index (χ2v) is 7.72. The lowest BCUT2D eigenvalue weighted by Gasteiger charge is -2.37. The Morgan fingerprint density at radius 1 is 1.04 bits per heavy atom. The van der Waals surface area contributed by atoms with Gasteiger partial charge in [0.25, 0.3) is 0 Å². The van der Waals surface area contributed by atoms with E-state index in [1.54, 1.807) is 12.1 Å². The number of halogens is 2. The summed E-state index contributed by atoms with van der Waals surface area (Å²) >= 11 is 5.94. The Morgan fingerprint density at radius 3 is 2.29 bits per heavy atom. The molecule has 0 spiro atoms. The maximum absolute atomic E-state index is 12.9. The number of piperazine rings is 1. The van der Waals surface area contributed by atoms with E-state index in [1.807, 2.05) is 19.1 Å². The molecule has 6 heteroatoms. The summed E-state index contributed by atoms with van der Waals surface area (Å²) in [5.41, 5.74) is 2.27. The van der Waals surface area contributed by atoms with Crippen LogP contribution in [0.1, 0.15) is 18.1 Å². The van der Waals surface area contributed by atoms with Crippen molar-refractivity contribution < 1.29 is 9.18 Å². The highest BCUT2D eigenvalue weighted by atomic mass is 35.5. The van der Waals surface area contributed by atoms with Gasteiger partial charge in [0.1, 0.15) is 5.82 Å². The summed E-state index contributed by atoms with van der Waals surface area (Å²) in [5.74, 6) is -0.190. The SMILES string of the molecule is C[C@@H](C(=O)NCCc1ccc(F)cc1)N1CCN(Cc2ccc(Cl)cc2)CC1. The lowest BCUT2D eigenvalue weighted by molar-refractivity contribution is -0.126. The van der Waals surface area contributed by atoms with Crippen molar-refractivity contribution in [2.75, 3.05) is 32.7 Å². The molecule has 0 aromatic heterocycles. The molecular formula is C22H27ClFN3O. The predicted octanol–water partition coefficient (Wildman–Crippen LogP) is 3.34. The van der Waals surface area contributed by atoms with Gasteiger partial charge in [-0.1, -0.05) is 35.9 Å². The van der Waals surface area contributed by atoms with E-state index in [4.69, 9.17) is 11.6 Å². The number of carbonyl (C=O) groups is 1. The first-order valence-corrected chi connectivity index (χ1v) is 10.1. The standard InChI is InChI=1S/C22H27ClFN3O/c1-17(22(28)25-11-10-18-4-8-21(24)9-5-18)27-14-12-26(13-15-27)16-19-2-6-20(23)7-3-19/h2-9,17H,10-16H2,1H3,(H,25,28)/t17-/m0/s1. The topological polar surface area (TPSA) is 35.6 Å². The molecule has 1 amide bonds. The van der Waals surface area contributed by atoms with Crippen molar-refractivity contribution in [2.24, 2.45) is 0 Å². The maximum Gasteiger partial charge on any atom is 0.237 e. The predicted molar refractivity (Wildman–Crippen MR) is 111 cm³/mol. The highest BCUT2D eigenvalue weighted by Gasteiger charge is 2.25. The molecule has 2 aromatic rings. The Hall–Kier alpha value is -1.95. The van der Waals surface area contributed by atoms with Crippen LogP contribution in [-0.4, -0.2) is 54.5 Å². The van der Waals surface area contributed by atoms with Gasteiger partial charge in [0.2, 0.25) is 5.91 Å². The molecule has 3 rings (SSSR count). The molecule has 1 N–H and O–H groups in total. The van der Waals surface area contributed by atoms with Crippen molar-refractivity contribution in [3.63, 3.8) is 0 Å². The average Bonchev–Trinajstić information content (AvgIpc) is 2.71. The average molecular weight is 404 g/mol. The third kappa shape index (κ3) is 6.03. The molecule has 4 nitrogen and oxygen atoms in total. The van der Waals surface area contributed by atoms with Gasteiger partial charge < -0.3 is 5.32 Å². The van der Waals surface area contributed by atoms with Gasteiger partial charge >= 0.3 is 0 Å². The number of carbonyl (C=O) groups excluding carboxylic acids is 1. The van der Waals surface area contributed by atoms with E-state index in [0.29, 0.717) is 13.0 Å². The Balaban J connectivity index is 1.38. The largest absolute Gasteiger partial charge is 0.354 e. The summed E-state index contributed by atoms with van der Waals surface area (Å²) in [4.78, 5) is 17.1. The number of amides is 1. The summed E-state index contributed by atoms with van der Waals surface area (Å²) < 4.78 is 12.9. The van der Waals surface area contributed by atoms with Crippen LogP contribution in [0.3, 0.4) is 0 Å². The smallest absolute Gasteiger partial charge is 0.237 e. The minimum atomic E-state index is -0.239. The van der Waals surface area contributed by atoms with Crippen LogP contribution >= 0.6 is 11.6 Å². The molecule has 1 fully saturated rings. The maximum atomic E-state index is 12.9. The Kier molecular flexibility index (Phi) is 7.43. The van der Waals surface area contributed by atoms with Gasteiger partial charge in [0.05, 0.1) is 6.04 Å². The monoisotopic (exact) mass is 403 g/mol. The fraction of sp³-hybridized carbons (Fsp3) is 0.409. The van der Waals surface area contributed by atoms with E-state index in [-0.39, 0.29) is 17.8 Å². The zero-order chi connectivity index (χ0) is 19.9. The molecule has 0 radical (unpaired) electrons. The minimum Gasteiger partial charge on any atom is -0.354 e. The van der Waals surface area contributed by atoms with Crippen LogP contribution in [-0.2, 0) is 17.8 Å². The minimum absolute atomic E-state index is 0.0493. The molecular weight excluding hydrogens is 377 g/mol. The van der Waals surface area contributed by atoms with Gasteiger partial charge in [-0.15, -0.1) is 0 Å². The highest BCUT2D eigenvalue weighted by Crippen LogP contribution is 2.14. The Morgan fingerprint density at radius 2 is 1.64 bits per heavy atom. The van der Waals surface area contributed by atoms with Crippen LogP contribution in [0.15, 0.2) is 48.5 Å².